The first-order chi connectivity index (χ1) is 12.1. The topological polar surface area (TPSA) is 73.8 Å². The average Bonchev–Trinajstić information content (AvgIpc) is 2.59. The molecule has 0 unspecified atom stereocenters. The summed E-state index contributed by atoms with van der Waals surface area (Å²) in [6, 6.07) is 0.476. The van der Waals surface area contributed by atoms with Crippen molar-refractivity contribution in [3.05, 3.63) is 0 Å². The van der Waals surface area contributed by atoms with Crippen LogP contribution in [0.3, 0.4) is 0 Å². The zero-order chi connectivity index (χ0) is 18.1. The van der Waals surface area contributed by atoms with Crippen LogP contribution in [0, 0.1) is 5.92 Å². The lowest BCUT2D eigenvalue weighted by Crippen LogP contribution is -2.46. The van der Waals surface area contributed by atoms with Crippen molar-refractivity contribution < 1.29 is 9.59 Å². The van der Waals surface area contributed by atoms with Gasteiger partial charge in [0.05, 0.1) is 6.54 Å². The van der Waals surface area contributed by atoms with Crippen LogP contribution in [0.15, 0.2) is 4.99 Å². The fourth-order valence-corrected chi connectivity index (χ4v) is 3.83. The lowest BCUT2D eigenvalue weighted by molar-refractivity contribution is -0.147. The average molecular weight is 478 g/mol. The number of carbonyl (C=O) groups is 2. The van der Waals surface area contributed by atoms with Crippen LogP contribution < -0.4 is 10.6 Å². The van der Waals surface area contributed by atoms with Gasteiger partial charge in [0, 0.05) is 32.0 Å². The van der Waals surface area contributed by atoms with Gasteiger partial charge >= 0.3 is 0 Å². The Labute approximate surface area is 175 Å². The molecule has 150 valence electrons. The quantitative estimate of drug-likeness (QED) is 0.255. The summed E-state index contributed by atoms with van der Waals surface area (Å²) in [5, 5.41) is 6.81. The highest BCUT2D eigenvalue weighted by atomic mass is 127. The Balaban J connectivity index is 0.00000338. The van der Waals surface area contributed by atoms with Crippen molar-refractivity contribution in [2.45, 2.75) is 77.7 Å². The van der Waals surface area contributed by atoms with E-state index in [1.807, 2.05) is 6.92 Å². The highest BCUT2D eigenvalue weighted by molar-refractivity contribution is 14.0. The zero-order valence-electron chi connectivity index (χ0n) is 16.3. The summed E-state index contributed by atoms with van der Waals surface area (Å²) in [4.78, 5) is 29.6. The molecule has 1 aliphatic carbocycles. The number of guanidine groups is 1. The van der Waals surface area contributed by atoms with Gasteiger partial charge in [-0.1, -0.05) is 19.8 Å². The minimum atomic E-state index is -0.0568. The van der Waals surface area contributed by atoms with E-state index in [9.17, 15) is 9.59 Å². The number of rotatable bonds is 7. The van der Waals surface area contributed by atoms with Crippen molar-refractivity contribution in [2.24, 2.45) is 10.9 Å². The van der Waals surface area contributed by atoms with Gasteiger partial charge in [0.15, 0.2) is 5.96 Å². The number of piperidine rings is 1. The van der Waals surface area contributed by atoms with Crippen molar-refractivity contribution in [2.75, 3.05) is 19.6 Å². The lowest BCUT2D eigenvalue weighted by Gasteiger charge is -2.30. The largest absolute Gasteiger partial charge is 0.357 e. The van der Waals surface area contributed by atoms with Crippen LogP contribution in [-0.2, 0) is 9.59 Å². The van der Waals surface area contributed by atoms with E-state index in [-0.39, 0.29) is 35.8 Å². The summed E-state index contributed by atoms with van der Waals surface area (Å²) in [7, 11) is 0. The molecule has 7 heteroatoms. The van der Waals surface area contributed by atoms with Crippen LogP contribution in [0.4, 0.5) is 0 Å². The molecule has 0 aromatic carbocycles. The fraction of sp³-hybridized carbons (Fsp3) is 0.842. The molecule has 0 aromatic rings. The molecule has 26 heavy (non-hydrogen) atoms. The number of imide groups is 1. The highest BCUT2D eigenvalue weighted by Gasteiger charge is 2.25. The second kappa shape index (κ2) is 12.5. The molecule has 1 saturated heterocycles. The van der Waals surface area contributed by atoms with E-state index in [1.54, 1.807) is 0 Å². The molecule has 1 saturated carbocycles. The monoisotopic (exact) mass is 478 g/mol. The third-order valence-corrected chi connectivity index (χ3v) is 5.21. The Hall–Kier alpha value is -0.860. The molecule has 2 N–H and O–H groups in total. The molecule has 2 amide bonds. The number of carbonyl (C=O) groups excluding carboxylic acids is 2. The Kier molecular flexibility index (Phi) is 11.2. The molecule has 2 fully saturated rings. The number of nitrogens with one attached hydrogen (secondary N) is 2. The third kappa shape index (κ3) is 7.40. The maximum absolute atomic E-state index is 11.8. The number of likely N-dealkylation sites (tertiary alicyclic amines) is 1. The minimum Gasteiger partial charge on any atom is -0.357 e. The smallest absolute Gasteiger partial charge is 0.229 e. The number of aliphatic imine (C=N–C) groups is 1. The summed E-state index contributed by atoms with van der Waals surface area (Å²) in [5.41, 5.74) is 0. The van der Waals surface area contributed by atoms with Gasteiger partial charge in [-0.15, -0.1) is 24.0 Å². The molecule has 2 aliphatic rings. The van der Waals surface area contributed by atoms with E-state index < -0.39 is 0 Å². The number of amides is 2. The van der Waals surface area contributed by atoms with Gasteiger partial charge in [-0.3, -0.25) is 19.5 Å². The maximum Gasteiger partial charge on any atom is 0.229 e. The fourth-order valence-electron chi connectivity index (χ4n) is 3.83. The van der Waals surface area contributed by atoms with Crippen molar-refractivity contribution in [1.29, 1.82) is 0 Å². The molecule has 1 aliphatic heterocycles. The Bertz CT molecular complexity index is 460. The van der Waals surface area contributed by atoms with E-state index in [4.69, 9.17) is 0 Å². The first kappa shape index (κ1) is 23.2. The van der Waals surface area contributed by atoms with Gasteiger partial charge in [0.2, 0.25) is 11.8 Å². The van der Waals surface area contributed by atoms with Crippen molar-refractivity contribution >= 4 is 41.8 Å². The van der Waals surface area contributed by atoms with E-state index in [2.05, 4.69) is 22.5 Å². The SMILES string of the molecule is CCCC1CCC(NC(=NCCN2C(=O)CCCC2=O)NCC)CC1.I. The molecule has 0 atom stereocenters. The van der Waals surface area contributed by atoms with Gasteiger partial charge < -0.3 is 10.6 Å². The van der Waals surface area contributed by atoms with E-state index >= 15 is 0 Å². The predicted octanol–water partition coefficient (Wildman–Crippen LogP) is 3.06. The first-order valence-corrected chi connectivity index (χ1v) is 10.0. The van der Waals surface area contributed by atoms with Crippen LogP contribution in [0.2, 0.25) is 0 Å². The number of hydrogen-bond acceptors (Lipinski definition) is 3. The first-order valence-electron chi connectivity index (χ1n) is 10.0. The molecular formula is C19H35IN4O2. The molecule has 2 rings (SSSR count). The summed E-state index contributed by atoms with van der Waals surface area (Å²) in [6.45, 7) is 5.96. The second-order valence-electron chi connectivity index (χ2n) is 7.20. The van der Waals surface area contributed by atoms with Crippen molar-refractivity contribution in [3.63, 3.8) is 0 Å². The summed E-state index contributed by atoms with van der Waals surface area (Å²) >= 11 is 0. The van der Waals surface area contributed by atoms with Crippen LogP contribution in [0.1, 0.15) is 71.6 Å². The predicted molar refractivity (Wildman–Crippen MR) is 116 cm³/mol. The van der Waals surface area contributed by atoms with Gasteiger partial charge in [-0.25, -0.2) is 0 Å². The second-order valence-corrected chi connectivity index (χ2v) is 7.20. The normalized spacial score (nSPS) is 24.2. The number of nitrogens with zero attached hydrogens (tertiary/aromatic N) is 2. The molecule has 0 spiro atoms. The lowest BCUT2D eigenvalue weighted by atomic mass is 9.83. The number of halogens is 1. The van der Waals surface area contributed by atoms with E-state index in [1.165, 1.54) is 43.4 Å². The van der Waals surface area contributed by atoms with Gasteiger partial charge in [-0.2, -0.15) is 0 Å². The standard InChI is InChI=1S/C19H34N4O2.HI/c1-3-6-15-9-11-16(12-10-15)22-19(20-4-2)21-13-14-23-17(24)7-5-8-18(23)25;/h15-16H,3-14H2,1-2H3,(H2,20,21,22);1H. The highest BCUT2D eigenvalue weighted by Crippen LogP contribution is 2.27. The van der Waals surface area contributed by atoms with E-state index in [0.717, 1.165) is 18.4 Å². The zero-order valence-corrected chi connectivity index (χ0v) is 18.6. The summed E-state index contributed by atoms with van der Waals surface area (Å²) in [6.07, 6.45) is 9.24. The third-order valence-electron chi connectivity index (χ3n) is 5.21. The molecule has 0 aromatic heterocycles. The van der Waals surface area contributed by atoms with Gasteiger partial charge in [0.25, 0.3) is 0 Å². The van der Waals surface area contributed by atoms with Crippen LogP contribution in [-0.4, -0.2) is 48.3 Å². The van der Waals surface area contributed by atoms with Crippen LogP contribution >= 0.6 is 24.0 Å². The van der Waals surface area contributed by atoms with Crippen LogP contribution in [0.25, 0.3) is 0 Å². The van der Waals surface area contributed by atoms with Crippen molar-refractivity contribution in [3.8, 4) is 0 Å². The Morgan fingerprint density at radius 1 is 1.12 bits per heavy atom. The molecule has 0 radical (unpaired) electrons. The minimum absolute atomic E-state index is 0. The van der Waals surface area contributed by atoms with E-state index in [0.29, 0.717) is 38.4 Å². The molecule has 1 heterocycles. The van der Waals surface area contributed by atoms with Crippen LogP contribution in [0.5, 0.6) is 0 Å². The summed E-state index contributed by atoms with van der Waals surface area (Å²) in [5.74, 6) is 1.58. The molecule has 6 nitrogen and oxygen atoms in total. The van der Waals surface area contributed by atoms with Crippen molar-refractivity contribution in [1.82, 2.24) is 15.5 Å². The Morgan fingerprint density at radius 2 is 1.77 bits per heavy atom. The molecular weight excluding hydrogens is 443 g/mol. The maximum atomic E-state index is 11.8. The Morgan fingerprint density at radius 3 is 2.35 bits per heavy atom. The molecule has 0 bridgehead atoms. The van der Waals surface area contributed by atoms with Gasteiger partial charge in [0.1, 0.15) is 0 Å². The number of hydrogen-bond donors (Lipinski definition) is 2. The van der Waals surface area contributed by atoms with Gasteiger partial charge in [-0.05, 0) is 44.9 Å². The summed E-state index contributed by atoms with van der Waals surface area (Å²) < 4.78 is 0.